The number of nitrogens with one attached hydrogen (secondary N) is 2. The van der Waals surface area contributed by atoms with E-state index in [2.05, 4.69) is 10.6 Å². The molecule has 0 heterocycles. The molecule has 0 bridgehead atoms. The first-order chi connectivity index (χ1) is 12.4. The quantitative estimate of drug-likeness (QED) is 0.727. The summed E-state index contributed by atoms with van der Waals surface area (Å²) in [5.74, 6) is -1.27. The monoisotopic (exact) mass is 362 g/mol. The predicted molar refractivity (Wildman–Crippen MR) is 95.6 cm³/mol. The lowest BCUT2D eigenvalue weighted by molar-refractivity contribution is -0.123. The number of carbonyl (C=O) groups is 3. The van der Waals surface area contributed by atoms with E-state index in [1.165, 1.54) is 0 Å². The minimum Gasteiger partial charge on any atom is -0.452 e. The van der Waals surface area contributed by atoms with E-state index in [1.54, 1.807) is 24.3 Å². The topological polar surface area (TPSA) is 93.7 Å². The fourth-order valence-electron chi connectivity index (χ4n) is 2.67. The van der Waals surface area contributed by atoms with Crippen LogP contribution in [0.3, 0.4) is 0 Å². The Hall–Kier alpha value is -2.41. The predicted octanol–water partition coefficient (Wildman–Crippen LogP) is 2.54. The Morgan fingerprint density at radius 2 is 1.77 bits per heavy atom. The van der Waals surface area contributed by atoms with Gasteiger partial charge in [0.25, 0.3) is 5.91 Å². The van der Waals surface area contributed by atoms with Crippen molar-refractivity contribution in [1.29, 1.82) is 0 Å². The van der Waals surface area contributed by atoms with E-state index in [0.29, 0.717) is 12.2 Å². The zero-order chi connectivity index (χ0) is 18.9. The molecule has 0 unspecified atom stereocenters. The summed E-state index contributed by atoms with van der Waals surface area (Å²) in [6, 6.07) is 6.34. The van der Waals surface area contributed by atoms with Crippen molar-refractivity contribution in [2.75, 3.05) is 6.61 Å². The van der Waals surface area contributed by atoms with Crippen LogP contribution in [0.2, 0.25) is 0 Å². The van der Waals surface area contributed by atoms with E-state index in [1.807, 2.05) is 13.8 Å². The summed E-state index contributed by atoms with van der Waals surface area (Å²) < 4.78 is 10.4. The van der Waals surface area contributed by atoms with Crippen LogP contribution in [0.4, 0.5) is 4.79 Å². The summed E-state index contributed by atoms with van der Waals surface area (Å²) >= 11 is 0. The van der Waals surface area contributed by atoms with Gasteiger partial charge in [-0.15, -0.1) is 0 Å². The molecular weight excluding hydrogens is 336 g/mol. The van der Waals surface area contributed by atoms with Crippen LogP contribution in [0.1, 0.15) is 55.5 Å². The largest absolute Gasteiger partial charge is 0.452 e. The van der Waals surface area contributed by atoms with Crippen LogP contribution in [0, 0.1) is 0 Å². The molecule has 1 aromatic carbocycles. The van der Waals surface area contributed by atoms with Gasteiger partial charge < -0.3 is 14.8 Å². The van der Waals surface area contributed by atoms with Crippen LogP contribution in [0.15, 0.2) is 24.3 Å². The van der Waals surface area contributed by atoms with Gasteiger partial charge in [-0.25, -0.2) is 9.59 Å². The minimum absolute atomic E-state index is 0.114. The Balaban J connectivity index is 1.71. The summed E-state index contributed by atoms with van der Waals surface area (Å²) in [7, 11) is 0. The zero-order valence-electron chi connectivity index (χ0n) is 15.2. The van der Waals surface area contributed by atoms with E-state index >= 15 is 0 Å². The summed E-state index contributed by atoms with van der Waals surface area (Å²) in [6.07, 6.45) is 4.14. The molecule has 0 spiro atoms. The molecule has 1 aromatic rings. The third kappa shape index (κ3) is 6.84. The molecule has 142 valence electrons. The Morgan fingerprint density at radius 1 is 1.12 bits per heavy atom. The van der Waals surface area contributed by atoms with E-state index in [9.17, 15) is 14.4 Å². The van der Waals surface area contributed by atoms with Crippen LogP contribution in [0.25, 0.3) is 0 Å². The average Bonchev–Trinajstić information content (AvgIpc) is 3.11. The first-order valence-corrected chi connectivity index (χ1v) is 8.92. The average molecular weight is 362 g/mol. The van der Waals surface area contributed by atoms with Crippen molar-refractivity contribution in [3.63, 3.8) is 0 Å². The molecule has 0 aromatic heterocycles. The maximum Gasteiger partial charge on any atom is 0.338 e. The van der Waals surface area contributed by atoms with Gasteiger partial charge in [-0.2, -0.15) is 0 Å². The highest BCUT2D eigenvalue weighted by atomic mass is 16.5. The Labute approximate surface area is 153 Å². The Bertz CT molecular complexity index is 621. The summed E-state index contributed by atoms with van der Waals surface area (Å²) in [5.41, 5.74) is 1.28. The van der Waals surface area contributed by atoms with Gasteiger partial charge in [0.2, 0.25) is 0 Å². The first kappa shape index (κ1) is 19.9. The standard InChI is InChI=1S/C19H26N2O5/c1-13(2)25-11-14-7-9-15(10-8-14)18(23)26-12-17(22)21-19(24)20-16-5-3-4-6-16/h7-10,13,16H,3-6,11-12H2,1-2H3,(H2,20,21,22,24). The molecule has 26 heavy (non-hydrogen) atoms. The summed E-state index contributed by atoms with van der Waals surface area (Å²) in [4.78, 5) is 35.3. The lowest BCUT2D eigenvalue weighted by Crippen LogP contribution is -2.44. The fourth-order valence-corrected chi connectivity index (χ4v) is 2.67. The molecule has 1 fully saturated rings. The molecule has 1 aliphatic rings. The van der Waals surface area contributed by atoms with Crippen LogP contribution in [-0.2, 0) is 20.9 Å². The fraction of sp³-hybridized carbons (Fsp3) is 0.526. The van der Waals surface area contributed by atoms with Gasteiger partial charge in [-0.1, -0.05) is 25.0 Å². The molecule has 2 rings (SSSR count). The van der Waals surface area contributed by atoms with Crippen molar-refractivity contribution < 1.29 is 23.9 Å². The third-order valence-corrected chi connectivity index (χ3v) is 4.05. The number of hydrogen-bond acceptors (Lipinski definition) is 5. The highest BCUT2D eigenvalue weighted by molar-refractivity contribution is 5.97. The van der Waals surface area contributed by atoms with Crippen LogP contribution >= 0.6 is 0 Å². The number of carbonyl (C=O) groups excluding carboxylic acids is 3. The normalized spacial score (nSPS) is 14.3. The van der Waals surface area contributed by atoms with Crippen LogP contribution in [0.5, 0.6) is 0 Å². The number of urea groups is 1. The zero-order valence-corrected chi connectivity index (χ0v) is 15.2. The van der Waals surface area contributed by atoms with Crippen LogP contribution in [-0.4, -0.2) is 36.7 Å². The van der Waals surface area contributed by atoms with Gasteiger partial charge in [0.15, 0.2) is 6.61 Å². The van der Waals surface area contributed by atoms with Gasteiger partial charge in [-0.3, -0.25) is 10.1 Å². The van der Waals surface area contributed by atoms with E-state index in [-0.39, 0.29) is 12.1 Å². The highest BCUT2D eigenvalue weighted by Gasteiger charge is 2.18. The molecule has 0 atom stereocenters. The molecule has 7 heteroatoms. The van der Waals surface area contributed by atoms with E-state index < -0.39 is 24.5 Å². The maximum atomic E-state index is 12.0. The first-order valence-electron chi connectivity index (χ1n) is 8.92. The van der Waals surface area contributed by atoms with Gasteiger partial charge >= 0.3 is 12.0 Å². The summed E-state index contributed by atoms with van der Waals surface area (Å²) in [6.45, 7) is 3.86. The van der Waals surface area contributed by atoms with Crippen molar-refractivity contribution in [2.45, 2.75) is 58.3 Å². The molecule has 1 saturated carbocycles. The van der Waals surface area contributed by atoms with Crippen molar-refractivity contribution in [3.8, 4) is 0 Å². The third-order valence-electron chi connectivity index (χ3n) is 4.05. The van der Waals surface area contributed by atoms with Crippen molar-refractivity contribution in [2.24, 2.45) is 0 Å². The van der Waals surface area contributed by atoms with Gasteiger partial charge in [0, 0.05) is 6.04 Å². The number of amides is 3. The Kier molecular flexibility index (Phi) is 7.59. The molecule has 0 aliphatic heterocycles. The van der Waals surface area contributed by atoms with Crippen molar-refractivity contribution >= 4 is 17.9 Å². The molecular formula is C19H26N2O5. The molecule has 7 nitrogen and oxygen atoms in total. The molecule has 2 N–H and O–H groups in total. The van der Waals surface area contributed by atoms with E-state index in [4.69, 9.17) is 9.47 Å². The van der Waals surface area contributed by atoms with Gasteiger partial charge in [-0.05, 0) is 44.4 Å². The second kappa shape index (κ2) is 9.91. The van der Waals surface area contributed by atoms with Gasteiger partial charge in [0.1, 0.15) is 0 Å². The second-order valence-corrected chi connectivity index (χ2v) is 6.64. The minimum atomic E-state index is -0.657. The SMILES string of the molecule is CC(C)OCc1ccc(C(=O)OCC(=O)NC(=O)NC2CCCC2)cc1. The lowest BCUT2D eigenvalue weighted by Gasteiger charge is -2.12. The molecule has 0 saturated heterocycles. The number of imide groups is 1. The highest BCUT2D eigenvalue weighted by Crippen LogP contribution is 2.17. The van der Waals surface area contributed by atoms with Gasteiger partial charge in [0.05, 0.1) is 18.3 Å². The molecule has 0 radical (unpaired) electrons. The number of esters is 1. The second-order valence-electron chi connectivity index (χ2n) is 6.64. The molecule has 1 aliphatic carbocycles. The number of hydrogen-bond donors (Lipinski definition) is 2. The maximum absolute atomic E-state index is 12.0. The lowest BCUT2D eigenvalue weighted by atomic mass is 10.1. The number of benzene rings is 1. The van der Waals surface area contributed by atoms with E-state index in [0.717, 1.165) is 31.2 Å². The van der Waals surface area contributed by atoms with Crippen molar-refractivity contribution in [3.05, 3.63) is 35.4 Å². The molecule has 3 amide bonds. The number of ether oxygens (including phenoxy) is 2. The number of rotatable bonds is 7. The Morgan fingerprint density at radius 3 is 2.38 bits per heavy atom. The smallest absolute Gasteiger partial charge is 0.338 e. The van der Waals surface area contributed by atoms with Crippen molar-refractivity contribution in [1.82, 2.24) is 10.6 Å². The summed E-state index contributed by atoms with van der Waals surface area (Å²) in [5, 5.41) is 4.90. The van der Waals surface area contributed by atoms with Crippen LogP contribution < -0.4 is 10.6 Å².